The van der Waals surface area contributed by atoms with Crippen LogP contribution in [-0.2, 0) is 4.79 Å². The van der Waals surface area contributed by atoms with Gasteiger partial charge in [0.1, 0.15) is 0 Å². The van der Waals surface area contributed by atoms with Gasteiger partial charge in [-0.05, 0) is 18.8 Å². The molecule has 0 aromatic rings. The molecule has 0 aromatic heterocycles. The first-order valence-corrected chi connectivity index (χ1v) is 5.70. The SMILES string of the molecule is CC(C)C[C@H]1CN(C(=O)CN)CC[C@H]1O. The number of aliphatic hydroxyl groups is 1. The molecule has 4 nitrogen and oxygen atoms in total. The van der Waals surface area contributed by atoms with E-state index in [0.717, 1.165) is 6.42 Å². The van der Waals surface area contributed by atoms with Crippen molar-refractivity contribution in [2.24, 2.45) is 17.6 Å². The summed E-state index contributed by atoms with van der Waals surface area (Å²) in [4.78, 5) is 13.2. The van der Waals surface area contributed by atoms with Crippen molar-refractivity contribution >= 4 is 5.91 Å². The molecular formula is C11H22N2O2. The summed E-state index contributed by atoms with van der Waals surface area (Å²) in [6, 6.07) is 0. The van der Waals surface area contributed by atoms with E-state index in [-0.39, 0.29) is 24.5 Å². The highest BCUT2D eigenvalue weighted by molar-refractivity contribution is 5.78. The Hall–Kier alpha value is -0.610. The molecule has 1 saturated heterocycles. The van der Waals surface area contributed by atoms with Crippen LogP contribution in [0.25, 0.3) is 0 Å². The fraction of sp³-hybridized carbons (Fsp3) is 0.909. The van der Waals surface area contributed by atoms with Crippen molar-refractivity contribution in [2.75, 3.05) is 19.6 Å². The van der Waals surface area contributed by atoms with Crippen LogP contribution in [0, 0.1) is 11.8 Å². The van der Waals surface area contributed by atoms with Gasteiger partial charge >= 0.3 is 0 Å². The first-order valence-electron chi connectivity index (χ1n) is 5.70. The largest absolute Gasteiger partial charge is 0.393 e. The Morgan fingerprint density at radius 2 is 2.27 bits per heavy atom. The zero-order chi connectivity index (χ0) is 11.4. The summed E-state index contributed by atoms with van der Waals surface area (Å²) in [7, 11) is 0. The number of hydrogen-bond donors (Lipinski definition) is 2. The van der Waals surface area contributed by atoms with Crippen LogP contribution in [0.15, 0.2) is 0 Å². The molecule has 1 amide bonds. The predicted molar refractivity (Wildman–Crippen MR) is 59.2 cm³/mol. The summed E-state index contributed by atoms with van der Waals surface area (Å²) in [5.74, 6) is 0.766. The number of carbonyl (C=O) groups excluding carboxylic acids is 1. The molecule has 15 heavy (non-hydrogen) atoms. The quantitative estimate of drug-likeness (QED) is 0.705. The Labute approximate surface area is 91.4 Å². The van der Waals surface area contributed by atoms with Gasteiger partial charge in [0.05, 0.1) is 12.6 Å². The minimum Gasteiger partial charge on any atom is -0.393 e. The molecule has 2 atom stereocenters. The average Bonchev–Trinajstić information content (AvgIpc) is 2.19. The molecule has 0 bridgehead atoms. The van der Waals surface area contributed by atoms with Crippen LogP contribution in [0.4, 0.5) is 0 Å². The third-order valence-corrected chi connectivity index (χ3v) is 3.00. The third kappa shape index (κ3) is 3.47. The fourth-order valence-corrected chi connectivity index (χ4v) is 2.21. The summed E-state index contributed by atoms with van der Waals surface area (Å²) in [6.07, 6.45) is 1.40. The highest BCUT2D eigenvalue weighted by atomic mass is 16.3. The number of nitrogens with zero attached hydrogens (tertiary/aromatic N) is 1. The highest BCUT2D eigenvalue weighted by Crippen LogP contribution is 2.23. The molecule has 1 rings (SSSR count). The Morgan fingerprint density at radius 3 is 2.80 bits per heavy atom. The van der Waals surface area contributed by atoms with Crippen LogP contribution in [0.5, 0.6) is 0 Å². The number of aliphatic hydroxyl groups excluding tert-OH is 1. The van der Waals surface area contributed by atoms with Gasteiger partial charge in [-0.3, -0.25) is 4.79 Å². The van der Waals surface area contributed by atoms with Crippen LogP contribution in [0.2, 0.25) is 0 Å². The minimum absolute atomic E-state index is 0.00402. The zero-order valence-corrected chi connectivity index (χ0v) is 9.65. The van der Waals surface area contributed by atoms with E-state index in [1.54, 1.807) is 4.90 Å². The number of nitrogens with two attached hydrogens (primary N) is 1. The second-order valence-electron chi connectivity index (χ2n) is 4.79. The van der Waals surface area contributed by atoms with Crippen molar-refractivity contribution < 1.29 is 9.90 Å². The summed E-state index contributed by atoms with van der Waals surface area (Å²) in [5, 5.41) is 9.82. The number of hydrogen-bond acceptors (Lipinski definition) is 3. The minimum atomic E-state index is -0.255. The van der Waals surface area contributed by atoms with E-state index in [1.807, 2.05) is 0 Å². The van der Waals surface area contributed by atoms with E-state index in [9.17, 15) is 9.90 Å². The first-order chi connectivity index (χ1) is 7.04. The van der Waals surface area contributed by atoms with Crippen molar-refractivity contribution in [3.63, 3.8) is 0 Å². The maximum Gasteiger partial charge on any atom is 0.236 e. The lowest BCUT2D eigenvalue weighted by atomic mass is 9.87. The molecule has 1 aliphatic heterocycles. The van der Waals surface area contributed by atoms with Crippen LogP contribution in [-0.4, -0.2) is 41.7 Å². The van der Waals surface area contributed by atoms with Gasteiger partial charge in [0.2, 0.25) is 5.91 Å². The Kier molecular flexibility index (Phi) is 4.54. The summed E-state index contributed by atoms with van der Waals surface area (Å²) in [6.45, 7) is 5.65. The average molecular weight is 214 g/mol. The van der Waals surface area contributed by atoms with Crippen molar-refractivity contribution in [1.82, 2.24) is 4.90 Å². The standard InChI is InChI=1S/C11H22N2O2/c1-8(2)5-9-7-13(11(15)6-12)4-3-10(9)14/h8-10,14H,3-7,12H2,1-2H3/t9-,10+/m0/s1. The molecule has 0 saturated carbocycles. The van der Waals surface area contributed by atoms with Gasteiger partial charge in [-0.2, -0.15) is 0 Å². The highest BCUT2D eigenvalue weighted by Gasteiger charge is 2.29. The summed E-state index contributed by atoms with van der Waals surface area (Å²) >= 11 is 0. The molecule has 0 aromatic carbocycles. The van der Waals surface area contributed by atoms with E-state index in [4.69, 9.17) is 5.73 Å². The molecule has 1 fully saturated rings. The van der Waals surface area contributed by atoms with Crippen molar-refractivity contribution in [3.05, 3.63) is 0 Å². The second-order valence-corrected chi connectivity index (χ2v) is 4.79. The van der Waals surface area contributed by atoms with Crippen LogP contribution in [0.3, 0.4) is 0 Å². The van der Waals surface area contributed by atoms with E-state index in [0.29, 0.717) is 25.4 Å². The molecule has 0 spiro atoms. The smallest absolute Gasteiger partial charge is 0.236 e. The molecule has 3 N–H and O–H groups in total. The zero-order valence-electron chi connectivity index (χ0n) is 9.65. The Balaban J connectivity index is 2.51. The first kappa shape index (κ1) is 12.5. The van der Waals surface area contributed by atoms with Gasteiger partial charge in [0, 0.05) is 19.0 Å². The second kappa shape index (κ2) is 5.47. The van der Waals surface area contributed by atoms with Crippen molar-refractivity contribution in [2.45, 2.75) is 32.8 Å². The number of piperidine rings is 1. The molecule has 4 heteroatoms. The molecule has 0 unspecified atom stereocenters. The molecular weight excluding hydrogens is 192 g/mol. The summed E-state index contributed by atoms with van der Waals surface area (Å²) < 4.78 is 0. The lowest BCUT2D eigenvalue weighted by Crippen LogP contribution is -2.48. The van der Waals surface area contributed by atoms with Crippen LogP contribution < -0.4 is 5.73 Å². The summed E-state index contributed by atoms with van der Waals surface area (Å²) in [5.41, 5.74) is 5.33. The number of carbonyl (C=O) groups is 1. The molecule has 0 aliphatic carbocycles. The maximum atomic E-state index is 11.4. The maximum absolute atomic E-state index is 11.4. The molecule has 1 heterocycles. The predicted octanol–water partition coefficient (Wildman–Crippen LogP) is 0.201. The Morgan fingerprint density at radius 1 is 1.60 bits per heavy atom. The van der Waals surface area contributed by atoms with Gasteiger partial charge in [-0.1, -0.05) is 13.8 Å². The normalized spacial score (nSPS) is 27.1. The van der Waals surface area contributed by atoms with Crippen molar-refractivity contribution in [1.29, 1.82) is 0 Å². The molecule has 0 radical (unpaired) electrons. The Bertz CT molecular complexity index is 219. The number of likely N-dealkylation sites (tertiary alicyclic amines) is 1. The van der Waals surface area contributed by atoms with Crippen LogP contribution >= 0.6 is 0 Å². The molecule has 88 valence electrons. The van der Waals surface area contributed by atoms with E-state index in [1.165, 1.54) is 0 Å². The lowest BCUT2D eigenvalue weighted by molar-refractivity contribution is -0.133. The van der Waals surface area contributed by atoms with E-state index < -0.39 is 0 Å². The van der Waals surface area contributed by atoms with Crippen molar-refractivity contribution in [3.8, 4) is 0 Å². The lowest BCUT2D eigenvalue weighted by Gasteiger charge is -2.36. The number of amides is 1. The van der Waals surface area contributed by atoms with E-state index >= 15 is 0 Å². The van der Waals surface area contributed by atoms with Crippen LogP contribution in [0.1, 0.15) is 26.7 Å². The number of rotatable bonds is 3. The van der Waals surface area contributed by atoms with Gasteiger partial charge in [0.15, 0.2) is 0 Å². The van der Waals surface area contributed by atoms with Gasteiger partial charge in [0.25, 0.3) is 0 Å². The molecule has 1 aliphatic rings. The van der Waals surface area contributed by atoms with Gasteiger partial charge < -0.3 is 15.7 Å². The monoisotopic (exact) mass is 214 g/mol. The topological polar surface area (TPSA) is 66.6 Å². The third-order valence-electron chi connectivity index (χ3n) is 3.00. The van der Waals surface area contributed by atoms with Gasteiger partial charge in [-0.25, -0.2) is 0 Å². The van der Waals surface area contributed by atoms with Gasteiger partial charge in [-0.15, -0.1) is 0 Å². The van der Waals surface area contributed by atoms with E-state index in [2.05, 4.69) is 13.8 Å². The fourth-order valence-electron chi connectivity index (χ4n) is 2.21.